The number of benzene rings is 2. The number of H-pyrrole nitrogens is 1. The van der Waals surface area contributed by atoms with E-state index in [0.29, 0.717) is 41.2 Å². The van der Waals surface area contributed by atoms with Crippen LogP contribution < -0.4 is 25.3 Å². The van der Waals surface area contributed by atoms with Gasteiger partial charge in [-0.05, 0) is 86.9 Å². The molecule has 14 nitrogen and oxygen atoms in total. The number of halogens is 1. The molecule has 4 fully saturated rings. The van der Waals surface area contributed by atoms with E-state index >= 15 is 0 Å². The van der Waals surface area contributed by atoms with Crippen molar-refractivity contribution in [1.82, 2.24) is 35.3 Å². The summed E-state index contributed by atoms with van der Waals surface area (Å²) in [6, 6.07) is 18.0. The summed E-state index contributed by atoms with van der Waals surface area (Å²) in [6.07, 6.45) is 10.1. The number of anilines is 3. The zero-order chi connectivity index (χ0) is 39.0. The van der Waals surface area contributed by atoms with Crippen LogP contribution in [0, 0.1) is 17.2 Å². The minimum absolute atomic E-state index is 0.0355. The van der Waals surface area contributed by atoms with Crippen LogP contribution in [-0.4, -0.2) is 101 Å². The summed E-state index contributed by atoms with van der Waals surface area (Å²) in [4.78, 5) is 49.5. The zero-order valence-corrected chi connectivity index (χ0v) is 32.5. The number of aromatic amines is 1. The average Bonchev–Trinajstić information content (AvgIpc) is 3.88. The number of carbonyl (C=O) groups is 3. The van der Waals surface area contributed by atoms with Gasteiger partial charge in [-0.3, -0.25) is 19.8 Å². The average molecular weight is 788 g/mol. The number of nitriles is 1. The fraction of sp³-hybridized carbons (Fsp3) is 0.429. The van der Waals surface area contributed by atoms with Crippen molar-refractivity contribution in [2.24, 2.45) is 5.92 Å². The van der Waals surface area contributed by atoms with Crippen LogP contribution in [0.2, 0.25) is 5.02 Å². The van der Waals surface area contributed by atoms with Gasteiger partial charge in [-0.25, -0.2) is 4.79 Å². The molecule has 57 heavy (non-hydrogen) atoms. The van der Waals surface area contributed by atoms with Crippen molar-refractivity contribution in [2.45, 2.75) is 57.0 Å². The molecule has 0 atom stereocenters. The maximum absolute atomic E-state index is 13.1. The molecule has 4 aliphatic rings. The van der Waals surface area contributed by atoms with Crippen LogP contribution in [0.5, 0.6) is 0 Å². The molecule has 4 aliphatic heterocycles. The molecule has 0 unspecified atom stereocenters. The van der Waals surface area contributed by atoms with E-state index in [2.05, 4.69) is 69.5 Å². The number of hydrogen-bond donors (Lipinski definition) is 3. The number of nitrogens with one attached hydrogen (secondary N) is 3. The molecular weight excluding hydrogens is 742 g/mol. The highest BCUT2D eigenvalue weighted by atomic mass is 35.5. The number of aromatic nitrogens is 4. The number of likely N-dealkylation sites (tertiary alicyclic amines) is 1. The maximum atomic E-state index is 13.1. The molecule has 9 rings (SSSR count). The lowest BCUT2D eigenvalue weighted by molar-refractivity contribution is -0.120. The molecule has 294 valence electrons. The molecule has 3 N–H and O–H groups in total. The molecule has 0 radical (unpaired) electrons. The van der Waals surface area contributed by atoms with E-state index in [4.69, 9.17) is 11.6 Å². The van der Waals surface area contributed by atoms with Crippen LogP contribution in [0.15, 0.2) is 60.9 Å². The van der Waals surface area contributed by atoms with E-state index in [-0.39, 0.29) is 23.9 Å². The van der Waals surface area contributed by atoms with Gasteiger partial charge in [-0.2, -0.15) is 5.26 Å². The van der Waals surface area contributed by atoms with Crippen molar-refractivity contribution < 1.29 is 14.4 Å². The summed E-state index contributed by atoms with van der Waals surface area (Å²) in [5, 5.41) is 26.2. The second-order valence-corrected chi connectivity index (χ2v) is 16.2. The van der Waals surface area contributed by atoms with Crippen LogP contribution in [-0.2, 0) is 4.79 Å². The predicted octanol–water partition coefficient (Wildman–Crippen LogP) is 5.84. The first-order valence-electron chi connectivity index (χ1n) is 20.1. The van der Waals surface area contributed by atoms with Gasteiger partial charge in [0.2, 0.25) is 5.91 Å². The number of amides is 4. The highest BCUT2D eigenvalue weighted by Crippen LogP contribution is 2.36. The normalized spacial score (nSPS) is 19.3. The molecule has 2 aromatic carbocycles. The number of rotatable bonds is 8. The molecule has 4 saturated heterocycles. The van der Waals surface area contributed by atoms with E-state index in [1.165, 1.54) is 0 Å². The van der Waals surface area contributed by atoms with Gasteiger partial charge in [0, 0.05) is 94.0 Å². The number of carbonyl (C=O) groups excluding carboxylic acids is 3. The monoisotopic (exact) mass is 787 g/mol. The van der Waals surface area contributed by atoms with Crippen LogP contribution >= 0.6 is 11.6 Å². The Morgan fingerprint density at radius 1 is 0.877 bits per heavy atom. The summed E-state index contributed by atoms with van der Waals surface area (Å²) in [6.45, 7) is 6.97. The number of urea groups is 1. The predicted molar refractivity (Wildman–Crippen MR) is 220 cm³/mol. The van der Waals surface area contributed by atoms with Gasteiger partial charge in [0.1, 0.15) is 6.07 Å². The molecular formula is C42H46ClN11O3. The quantitative estimate of drug-likeness (QED) is 0.176. The molecule has 0 saturated carbocycles. The lowest BCUT2D eigenvalue weighted by atomic mass is 9.94. The standard InChI is InChI=1S/C42H46ClN11O3/c43-32-4-6-36(40-39(32)28(24-44)25-45-40)51-20-10-29(11-21-51)46-41(56)33-5-7-37(49-48-33)52-18-8-27(9-19-52)26-50-16-12-30(13-17-50)53-22-14-31-34(53)2-1-3-35(31)54-23-15-38(55)47-42(54)57/h1-7,14,22,25,27,29-30,45H,8-13,15-21,23,26H2,(H,46,56)(H,47,55,57). The Bertz CT molecular complexity index is 2340. The first-order chi connectivity index (χ1) is 27.8. The van der Waals surface area contributed by atoms with Gasteiger partial charge in [-0.1, -0.05) is 17.7 Å². The molecule has 0 spiro atoms. The molecule has 0 aliphatic carbocycles. The molecule has 4 amide bonds. The Hall–Kier alpha value is -5.65. The second-order valence-electron chi connectivity index (χ2n) is 15.8. The highest BCUT2D eigenvalue weighted by molar-refractivity contribution is 6.36. The van der Waals surface area contributed by atoms with E-state index in [1.54, 1.807) is 17.2 Å². The Morgan fingerprint density at radius 2 is 1.67 bits per heavy atom. The van der Waals surface area contributed by atoms with Crippen LogP contribution in [0.25, 0.3) is 21.8 Å². The van der Waals surface area contributed by atoms with Gasteiger partial charge in [-0.15, -0.1) is 10.2 Å². The third-order valence-electron chi connectivity index (χ3n) is 12.4. The lowest BCUT2D eigenvalue weighted by Gasteiger charge is -2.38. The van der Waals surface area contributed by atoms with Crippen molar-refractivity contribution in [1.29, 1.82) is 5.26 Å². The van der Waals surface area contributed by atoms with Gasteiger partial charge < -0.3 is 29.6 Å². The lowest BCUT2D eigenvalue weighted by Crippen LogP contribution is -2.49. The van der Waals surface area contributed by atoms with Crippen molar-refractivity contribution in [3.8, 4) is 6.07 Å². The van der Waals surface area contributed by atoms with Crippen LogP contribution in [0.3, 0.4) is 0 Å². The fourth-order valence-electron chi connectivity index (χ4n) is 9.29. The van der Waals surface area contributed by atoms with Gasteiger partial charge >= 0.3 is 6.03 Å². The third kappa shape index (κ3) is 7.37. The SMILES string of the molecule is N#Cc1c[nH]c2c(N3CCC(NC(=O)c4ccc(N5CCC(CN6CCC(n7ccc8c(N9CCC(=O)NC9=O)cccc87)CC6)CC5)nn4)CC3)ccc(Cl)c12. The van der Waals surface area contributed by atoms with Crippen molar-refractivity contribution in [3.05, 3.63) is 77.2 Å². The highest BCUT2D eigenvalue weighted by Gasteiger charge is 2.30. The summed E-state index contributed by atoms with van der Waals surface area (Å²) in [5.74, 6) is 1.02. The number of hydrogen-bond acceptors (Lipinski definition) is 9. The van der Waals surface area contributed by atoms with Gasteiger partial charge in [0.25, 0.3) is 5.91 Å². The van der Waals surface area contributed by atoms with Crippen molar-refractivity contribution >= 4 is 68.4 Å². The van der Waals surface area contributed by atoms with Gasteiger partial charge in [0.05, 0.1) is 33.0 Å². The second kappa shape index (κ2) is 15.7. The topological polar surface area (TPSA) is 159 Å². The van der Waals surface area contributed by atoms with E-state index in [1.807, 2.05) is 30.3 Å². The van der Waals surface area contributed by atoms with Crippen molar-refractivity contribution in [2.75, 3.05) is 67.1 Å². The maximum Gasteiger partial charge on any atom is 0.328 e. The zero-order valence-electron chi connectivity index (χ0n) is 31.8. The number of imide groups is 1. The summed E-state index contributed by atoms with van der Waals surface area (Å²) >= 11 is 6.41. The minimum Gasteiger partial charge on any atom is -0.370 e. The molecule has 5 aromatic rings. The van der Waals surface area contributed by atoms with E-state index in [0.717, 1.165) is 123 Å². The summed E-state index contributed by atoms with van der Waals surface area (Å²) in [5.41, 5.74) is 4.72. The molecule has 3 aromatic heterocycles. The molecule has 7 heterocycles. The van der Waals surface area contributed by atoms with Crippen LogP contribution in [0.4, 0.5) is 22.0 Å². The van der Waals surface area contributed by atoms with E-state index < -0.39 is 0 Å². The Balaban J connectivity index is 0.721. The fourth-order valence-corrected chi connectivity index (χ4v) is 9.55. The Kier molecular flexibility index (Phi) is 10.2. The van der Waals surface area contributed by atoms with Gasteiger partial charge in [0.15, 0.2) is 11.5 Å². The molecule has 0 bridgehead atoms. The Labute approximate surface area is 335 Å². The number of piperidine rings is 3. The van der Waals surface area contributed by atoms with Crippen molar-refractivity contribution in [3.63, 3.8) is 0 Å². The first kappa shape index (κ1) is 37.0. The summed E-state index contributed by atoms with van der Waals surface area (Å²) < 4.78 is 2.37. The largest absolute Gasteiger partial charge is 0.370 e. The Morgan fingerprint density at radius 3 is 2.40 bits per heavy atom. The van der Waals surface area contributed by atoms with Crippen LogP contribution in [0.1, 0.15) is 67.0 Å². The van der Waals surface area contributed by atoms with E-state index in [9.17, 15) is 19.6 Å². The third-order valence-corrected chi connectivity index (χ3v) is 12.7. The smallest absolute Gasteiger partial charge is 0.328 e. The summed E-state index contributed by atoms with van der Waals surface area (Å²) in [7, 11) is 0. The number of fused-ring (bicyclic) bond motifs is 2. The number of nitrogens with zero attached hydrogens (tertiary/aromatic N) is 8. The minimum atomic E-state index is -0.353. The first-order valence-corrected chi connectivity index (χ1v) is 20.5. The molecule has 15 heteroatoms.